The van der Waals surface area contributed by atoms with Crippen LogP contribution in [0.3, 0.4) is 0 Å². The van der Waals surface area contributed by atoms with Crippen LogP contribution in [0.4, 0.5) is 0 Å². The Morgan fingerprint density at radius 1 is 1.32 bits per heavy atom. The average molecular weight is 262 g/mol. The molecular weight excluding hydrogens is 236 g/mol. The van der Waals surface area contributed by atoms with E-state index < -0.39 is 0 Å². The number of nitrogens with zero attached hydrogens (tertiary/aromatic N) is 1. The van der Waals surface area contributed by atoms with Crippen molar-refractivity contribution in [3.05, 3.63) is 23.7 Å². The molecule has 0 unspecified atom stereocenters. The topological polar surface area (TPSA) is 28.4 Å². The Kier molecular flexibility index (Phi) is 3.44. The molecule has 1 aliphatic carbocycles. The predicted octanol–water partition coefficient (Wildman–Crippen LogP) is 2.98. The van der Waals surface area contributed by atoms with E-state index in [9.17, 15) is 0 Å². The van der Waals surface area contributed by atoms with Crippen LogP contribution in [0.5, 0.6) is 0 Å². The van der Waals surface area contributed by atoms with Gasteiger partial charge in [-0.05, 0) is 50.9 Å². The summed E-state index contributed by atoms with van der Waals surface area (Å²) in [6.07, 6.45) is 6.67. The minimum atomic E-state index is 0.341. The van der Waals surface area contributed by atoms with Crippen LogP contribution in [0.2, 0.25) is 0 Å². The Morgan fingerprint density at radius 2 is 2.05 bits per heavy atom. The summed E-state index contributed by atoms with van der Waals surface area (Å²) in [6, 6.07) is 3.31. The summed E-state index contributed by atoms with van der Waals surface area (Å²) in [5.41, 5.74) is 1.74. The largest absolute Gasteiger partial charge is 0.469 e. The SMILES string of the molecule is CN1CCC(N[C@H]2CC(C)(C)Cc3occc32)CC1. The summed E-state index contributed by atoms with van der Waals surface area (Å²) >= 11 is 0. The number of furan rings is 1. The van der Waals surface area contributed by atoms with E-state index in [1.54, 1.807) is 0 Å². The van der Waals surface area contributed by atoms with Gasteiger partial charge in [-0.15, -0.1) is 0 Å². The molecule has 1 aromatic rings. The minimum absolute atomic E-state index is 0.341. The van der Waals surface area contributed by atoms with E-state index in [0.717, 1.165) is 6.42 Å². The number of rotatable bonds is 2. The summed E-state index contributed by atoms with van der Waals surface area (Å²) in [6.45, 7) is 7.13. The molecule has 0 radical (unpaired) electrons. The molecule has 1 saturated heterocycles. The van der Waals surface area contributed by atoms with Gasteiger partial charge in [0.1, 0.15) is 5.76 Å². The van der Waals surface area contributed by atoms with E-state index in [1.165, 1.54) is 43.7 Å². The van der Waals surface area contributed by atoms with Crippen LogP contribution in [-0.2, 0) is 6.42 Å². The van der Waals surface area contributed by atoms with E-state index in [2.05, 4.69) is 37.2 Å². The molecule has 1 aromatic heterocycles. The van der Waals surface area contributed by atoms with E-state index in [1.807, 2.05) is 6.26 Å². The Hall–Kier alpha value is -0.800. The van der Waals surface area contributed by atoms with Crippen molar-refractivity contribution in [1.29, 1.82) is 0 Å². The van der Waals surface area contributed by atoms with E-state index in [0.29, 0.717) is 17.5 Å². The number of nitrogens with one attached hydrogen (secondary N) is 1. The first-order valence-corrected chi connectivity index (χ1v) is 7.54. The molecule has 2 aliphatic rings. The van der Waals surface area contributed by atoms with E-state index >= 15 is 0 Å². The van der Waals surface area contributed by atoms with Gasteiger partial charge in [0.2, 0.25) is 0 Å². The van der Waals surface area contributed by atoms with Gasteiger partial charge in [0, 0.05) is 24.1 Å². The minimum Gasteiger partial charge on any atom is -0.469 e. The molecule has 1 aliphatic heterocycles. The fraction of sp³-hybridized carbons (Fsp3) is 0.750. The normalized spacial score (nSPS) is 28.3. The van der Waals surface area contributed by atoms with Crippen molar-refractivity contribution >= 4 is 0 Å². The molecule has 106 valence electrons. The van der Waals surface area contributed by atoms with Gasteiger partial charge in [-0.1, -0.05) is 13.8 Å². The van der Waals surface area contributed by atoms with Gasteiger partial charge in [-0.2, -0.15) is 0 Å². The zero-order chi connectivity index (χ0) is 13.5. The molecule has 0 bridgehead atoms. The van der Waals surface area contributed by atoms with Crippen LogP contribution in [0.1, 0.15) is 50.5 Å². The van der Waals surface area contributed by atoms with Crippen LogP contribution >= 0.6 is 0 Å². The Balaban J connectivity index is 1.71. The van der Waals surface area contributed by atoms with Gasteiger partial charge < -0.3 is 14.6 Å². The molecular formula is C16H26N2O. The van der Waals surface area contributed by atoms with Gasteiger partial charge >= 0.3 is 0 Å². The van der Waals surface area contributed by atoms with Crippen molar-refractivity contribution in [3.63, 3.8) is 0 Å². The molecule has 1 atom stereocenters. The lowest BCUT2D eigenvalue weighted by molar-refractivity contribution is 0.188. The quantitative estimate of drug-likeness (QED) is 0.888. The van der Waals surface area contributed by atoms with Crippen molar-refractivity contribution in [2.75, 3.05) is 20.1 Å². The molecule has 3 rings (SSSR count). The highest BCUT2D eigenvalue weighted by Crippen LogP contribution is 2.41. The highest BCUT2D eigenvalue weighted by Gasteiger charge is 2.35. The van der Waals surface area contributed by atoms with Gasteiger partial charge in [0.15, 0.2) is 0 Å². The third-order valence-electron chi connectivity index (χ3n) is 4.71. The number of likely N-dealkylation sites (tertiary alicyclic amines) is 1. The number of hydrogen-bond acceptors (Lipinski definition) is 3. The van der Waals surface area contributed by atoms with Crippen molar-refractivity contribution in [1.82, 2.24) is 10.2 Å². The first kappa shape index (κ1) is 13.2. The summed E-state index contributed by atoms with van der Waals surface area (Å²) in [7, 11) is 2.22. The van der Waals surface area contributed by atoms with Gasteiger partial charge in [-0.3, -0.25) is 0 Å². The first-order chi connectivity index (χ1) is 9.03. The highest BCUT2D eigenvalue weighted by atomic mass is 16.3. The van der Waals surface area contributed by atoms with Crippen LogP contribution < -0.4 is 5.32 Å². The maximum absolute atomic E-state index is 5.68. The monoisotopic (exact) mass is 262 g/mol. The van der Waals surface area contributed by atoms with Gasteiger partial charge in [0.05, 0.1) is 6.26 Å². The van der Waals surface area contributed by atoms with Crippen LogP contribution in [0.25, 0.3) is 0 Å². The standard InChI is InChI=1S/C16H26N2O/c1-16(2)10-14(13-6-9-19-15(13)11-16)17-12-4-7-18(3)8-5-12/h6,9,12,14,17H,4-5,7-8,10-11H2,1-3H3/t14-/m0/s1. The maximum Gasteiger partial charge on any atom is 0.109 e. The zero-order valence-corrected chi connectivity index (χ0v) is 12.4. The smallest absolute Gasteiger partial charge is 0.109 e. The predicted molar refractivity (Wildman–Crippen MR) is 77.2 cm³/mol. The average Bonchev–Trinajstić information content (AvgIpc) is 2.78. The van der Waals surface area contributed by atoms with Gasteiger partial charge in [0.25, 0.3) is 0 Å². The fourth-order valence-corrected chi connectivity index (χ4v) is 3.58. The van der Waals surface area contributed by atoms with Crippen molar-refractivity contribution in [3.8, 4) is 0 Å². The number of fused-ring (bicyclic) bond motifs is 1. The van der Waals surface area contributed by atoms with Crippen molar-refractivity contribution < 1.29 is 4.42 Å². The zero-order valence-electron chi connectivity index (χ0n) is 12.4. The second-order valence-corrected chi connectivity index (χ2v) is 7.14. The highest BCUT2D eigenvalue weighted by molar-refractivity contribution is 5.26. The summed E-state index contributed by atoms with van der Waals surface area (Å²) in [4.78, 5) is 2.42. The van der Waals surface area contributed by atoms with Crippen LogP contribution in [0, 0.1) is 5.41 Å². The third-order valence-corrected chi connectivity index (χ3v) is 4.71. The first-order valence-electron chi connectivity index (χ1n) is 7.54. The second kappa shape index (κ2) is 4.95. The molecule has 0 spiro atoms. The van der Waals surface area contributed by atoms with E-state index in [-0.39, 0.29) is 0 Å². The Morgan fingerprint density at radius 3 is 2.79 bits per heavy atom. The number of hydrogen-bond donors (Lipinski definition) is 1. The molecule has 3 nitrogen and oxygen atoms in total. The fourth-order valence-electron chi connectivity index (χ4n) is 3.58. The van der Waals surface area contributed by atoms with Crippen molar-refractivity contribution in [2.24, 2.45) is 5.41 Å². The van der Waals surface area contributed by atoms with Crippen molar-refractivity contribution in [2.45, 2.75) is 51.6 Å². The Labute approximate surface area is 116 Å². The lowest BCUT2D eigenvalue weighted by Gasteiger charge is -2.38. The maximum atomic E-state index is 5.68. The second-order valence-electron chi connectivity index (χ2n) is 7.14. The van der Waals surface area contributed by atoms with E-state index in [4.69, 9.17) is 4.42 Å². The molecule has 0 saturated carbocycles. The summed E-state index contributed by atoms with van der Waals surface area (Å²) in [5, 5.41) is 3.89. The lowest BCUT2D eigenvalue weighted by atomic mass is 9.74. The molecule has 1 fully saturated rings. The van der Waals surface area contributed by atoms with Crippen LogP contribution in [-0.4, -0.2) is 31.1 Å². The summed E-state index contributed by atoms with van der Waals surface area (Å²) < 4.78 is 5.68. The molecule has 2 heterocycles. The molecule has 3 heteroatoms. The molecule has 0 aromatic carbocycles. The number of piperidine rings is 1. The molecule has 19 heavy (non-hydrogen) atoms. The summed E-state index contributed by atoms with van der Waals surface area (Å²) in [5.74, 6) is 1.20. The van der Waals surface area contributed by atoms with Crippen LogP contribution in [0.15, 0.2) is 16.7 Å². The lowest BCUT2D eigenvalue weighted by Crippen LogP contribution is -2.44. The third kappa shape index (κ3) is 2.87. The molecule has 0 amide bonds. The van der Waals surface area contributed by atoms with Gasteiger partial charge in [-0.25, -0.2) is 0 Å². The molecule has 1 N–H and O–H groups in total. The Bertz CT molecular complexity index is 430.